The fraction of sp³-hybridized carbons (Fsp3) is 0.179. The molecule has 5 nitrogen and oxygen atoms in total. The highest BCUT2D eigenvalue weighted by Crippen LogP contribution is 2.28. The van der Waals surface area contributed by atoms with E-state index < -0.39 is 10.0 Å². The number of sulfonamides is 1. The maximum Gasteiger partial charge on any atom is 0.244 e. The van der Waals surface area contributed by atoms with E-state index in [4.69, 9.17) is 4.84 Å². The van der Waals surface area contributed by atoms with Crippen molar-refractivity contribution in [2.75, 3.05) is 6.54 Å². The van der Waals surface area contributed by atoms with Gasteiger partial charge in [-0.1, -0.05) is 102 Å². The molecular weight excluding hydrogens is 444 g/mol. The molecule has 0 aliphatic carbocycles. The zero-order chi connectivity index (χ0) is 23.5. The van der Waals surface area contributed by atoms with Gasteiger partial charge in [-0.25, -0.2) is 8.42 Å². The lowest BCUT2D eigenvalue weighted by Crippen LogP contribution is -2.37. The van der Waals surface area contributed by atoms with Crippen molar-refractivity contribution in [3.8, 4) is 0 Å². The molecule has 172 valence electrons. The minimum Gasteiger partial charge on any atom is -0.390 e. The Kier molecular flexibility index (Phi) is 6.18. The van der Waals surface area contributed by atoms with Gasteiger partial charge in [-0.3, -0.25) is 0 Å². The molecule has 6 heteroatoms. The topological polar surface area (TPSA) is 59.0 Å². The van der Waals surface area contributed by atoms with Crippen LogP contribution in [0.15, 0.2) is 107 Å². The molecule has 0 spiro atoms. The van der Waals surface area contributed by atoms with E-state index in [1.54, 1.807) is 12.1 Å². The number of rotatable bonds is 7. The van der Waals surface area contributed by atoms with Gasteiger partial charge in [0.15, 0.2) is 0 Å². The van der Waals surface area contributed by atoms with E-state index in [1.807, 2.05) is 91.9 Å². The highest BCUT2D eigenvalue weighted by Gasteiger charge is 2.32. The summed E-state index contributed by atoms with van der Waals surface area (Å²) in [7, 11) is -3.80. The third-order valence-corrected chi connectivity index (χ3v) is 7.96. The minimum absolute atomic E-state index is 0.208. The first-order valence-corrected chi connectivity index (χ1v) is 12.8. The Labute approximate surface area is 200 Å². The quantitative estimate of drug-likeness (QED) is 0.357. The third-order valence-electron chi connectivity index (χ3n) is 6.09. The number of oxime groups is 1. The van der Waals surface area contributed by atoms with Crippen molar-refractivity contribution in [2.45, 2.75) is 30.9 Å². The molecule has 1 atom stereocenters. The number of hydrogen-bond donors (Lipinski definition) is 0. The predicted octanol–water partition coefficient (Wildman–Crippen LogP) is 5.53. The molecule has 4 aromatic carbocycles. The standard InChI is InChI=1S/C28H26N2O3S/c1-21-14-16-24(17-15-21)27-18-25(33-29-27)20-30(19-22-8-3-2-4-9-22)34(31,32)28-13-7-11-23-10-5-6-12-26(23)28/h2-17,25H,18-20H2,1H3. The van der Waals surface area contributed by atoms with Gasteiger partial charge in [-0.15, -0.1) is 0 Å². The van der Waals surface area contributed by atoms with Crippen LogP contribution in [0.1, 0.15) is 23.1 Å². The van der Waals surface area contributed by atoms with Crippen LogP contribution in [0.2, 0.25) is 0 Å². The van der Waals surface area contributed by atoms with Gasteiger partial charge in [0.2, 0.25) is 10.0 Å². The molecule has 0 saturated heterocycles. The van der Waals surface area contributed by atoms with E-state index in [-0.39, 0.29) is 19.2 Å². The zero-order valence-corrected chi connectivity index (χ0v) is 19.8. The summed E-state index contributed by atoms with van der Waals surface area (Å²) in [4.78, 5) is 6.02. The maximum absolute atomic E-state index is 14.0. The lowest BCUT2D eigenvalue weighted by atomic mass is 10.0. The van der Waals surface area contributed by atoms with E-state index in [2.05, 4.69) is 5.16 Å². The molecule has 1 heterocycles. The molecule has 5 rings (SSSR count). The summed E-state index contributed by atoms with van der Waals surface area (Å²) in [5.41, 5.74) is 3.94. The Morgan fingerprint density at radius 2 is 1.59 bits per heavy atom. The van der Waals surface area contributed by atoms with Gasteiger partial charge in [0.25, 0.3) is 0 Å². The normalized spacial score (nSPS) is 15.9. The van der Waals surface area contributed by atoms with Gasteiger partial charge >= 0.3 is 0 Å². The fourth-order valence-corrected chi connectivity index (χ4v) is 5.94. The second kappa shape index (κ2) is 9.41. The summed E-state index contributed by atoms with van der Waals surface area (Å²) in [6, 6.07) is 30.7. The Balaban J connectivity index is 1.45. The van der Waals surface area contributed by atoms with Crippen LogP contribution in [0.5, 0.6) is 0 Å². The van der Waals surface area contributed by atoms with E-state index in [1.165, 1.54) is 9.87 Å². The Hall–Kier alpha value is -3.48. The monoisotopic (exact) mass is 470 g/mol. The molecule has 0 fully saturated rings. The number of hydrogen-bond acceptors (Lipinski definition) is 4. The van der Waals surface area contributed by atoms with E-state index >= 15 is 0 Å². The summed E-state index contributed by atoms with van der Waals surface area (Å²) in [5, 5.41) is 5.89. The van der Waals surface area contributed by atoms with Gasteiger partial charge < -0.3 is 4.84 Å². The van der Waals surface area contributed by atoms with E-state index in [0.717, 1.165) is 22.2 Å². The van der Waals surface area contributed by atoms with Gasteiger partial charge in [-0.05, 0) is 29.5 Å². The van der Waals surface area contributed by atoms with Crippen LogP contribution in [0.25, 0.3) is 10.8 Å². The molecular formula is C28H26N2O3S. The molecule has 0 bridgehead atoms. The second-order valence-electron chi connectivity index (χ2n) is 8.60. The summed E-state index contributed by atoms with van der Waals surface area (Å²) in [6.07, 6.45) is 0.198. The fourth-order valence-electron chi connectivity index (χ4n) is 4.26. The molecule has 34 heavy (non-hydrogen) atoms. The lowest BCUT2D eigenvalue weighted by Gasteiger charge is -2.25. The summed E-state index contributed by atoms with van der Waals surface area (Å²) in [6.45, 7) is 2.50. The van der Waals surface area contributed by atoms with Gasteiger partial charge in [-0.2, -0.15) is 4.31 Å². The van der Waals surface area contributed by atoms with Crippen LogP contribution >= 0.6 is 0 Å². The Morgan fingerprint density at radius 1 is 0.882 bits per heavy atom. The Morgan fingerprint density at radius 3 is 2.38 bits per heavy atom. The van der Waals surface area contributed by atoms with Gasteiger partial charge in [0, 0.05) is 18.4 Å². The van der Waals surface area contributed by atoms with Crippen LogP contribution in [-0.2, 0) is 21.4 Å². The van der Waals surface area contributed by atoms with Crippen molar-refractivity contribution >= 4 is 26.5 Å². The summed E-state index contributed by atoms with van der Waals surface area (Å²) < 4.78 is 29.4. The summed E-state index contributed by atoms with van der Waals surface area (Å²) in [5.74, 6) is 0. The molecule has 1 aliphatic heterocycles. The van der Waals surface area contributed by atoms with Crippen molar-refractivity contribution in [1.82, 2.24) is 4.31 Å². The third kappa shape index (κ3) is 4.60. The van der Waals surface area contributed by atoms with Gasteiger partial charge in [0.1, 0.15) is 6.10 Å². The Bertz CT molecular complexity index is 1430. The number of nitrogens with zero attached hydrogens (tertiary/aromatic N) is 2. The van der Waals surface area contributed by atoms with Crippen molar-refractivity contribution < 1.29 is 13.3 Å². The predicted molar refractivity (Wildman–Crippen MR) is 135 cm³/mol. The lowest BCUT2D eigenvalue weighted by molar-refractivity contribution is 0.0694. The van der Waals surface area contributed by atoms with E-state index in [9.17, 15) is 8.42 Å². The average molecular weight is 471 g/mol. The van der Waals surface area contributed by atoms with Crippen molar-refractivity contribution in [3.63, 3.8) is 0 Å². The first kappa shape index (κ1) is 22.3. The molecule has 4 aromatic rings. The average Bonchev–Trinajstić information content (AvgIpc) is 3.33. The van der Waals surface area contributed by atoms with Crippen LogP contribution in [0, 0.1) is 6.92 Å². The molecule has 1 unspecified atom stereocenters. The second-order valence-corrected chi connectivity index (χ2v) is 10.5. The van der Waals surface area contributed by atoms with Crippen LogP contribution < -0.4 is 0 Å². The maximum atomic E-state index is 14.0. The van der Waals surface area contributed by atoms with Crippen LogP contribution in [0.3, 0.4) is 0 Å². The van der Waals surface area contributed by atoms with Gasteiger partial charge in [0.05, 0.1) is 17.2 Å². The molecule has 0 aromatic heterocycles. The molecule has 0 amide bonds. The van der Waals surface area contributed by atoms with Crippen molar-refractivity contribution in [1.29, 1.82) is 0 Å². The number of aryl methyl sites for hydroxylation is 1. The van der Waals surface area contributed by atoms with Crippen molar-refractivity contribution in [3.05, 3.63) is 114 Å². The van der Waals surface area contributed by atoms with Crippen LogP contribution in [0.4, 0.5) is 0 Å². The molecule has 1 aliphatic rings. The highest BCUT2D eigenvalue weighted by atomic mass is 32.2. The molecule has 0 N–H and O–H groups in total. The highest BCUT2D eigenvalue weighted by molar-refractivity contribution is 7.89. The molecule has 0 radical (unpaired) electrons. The first-order chi connectivity index (χ1) is 16.5. The first-order valence-electron chi connectivity index (χ1n) is 11.3. The smallest absolute Gasteiger partial charge is 0.244 e. The summed E-state index contributed by atoms with van der Waals surface area (Å²) >= 11 is 0. The number of fused-ring (bicyclic) bond motifs is 1. The van der Waals surface area contributed by atoms with Crippen LogP contribution in [-0.4, -0.2) is 31.1 Å². The van der Waals surface area contributed by atoms with E-state index in [0.29, 0.717) is 16.7 Å². The SMILES string of the molecule is Cc1ccc(C2=NOC(CN(Cc3ccccc3)S(=O)(=O)c3cccc4ccccc34)C2)cc1. The zero-order valence-electron chi connectivity index (χ0n) is 19.0. The molecule has 0 saturated carbocycles. The largest absolute Gasteiger partial charge is 0.390 e. The minimum atomic E-state index is -3.80. The van der Waals surface area contributed by atoms with Crippen molar-refractivity contribution in [2.24, 2.45) is 5.16 Å². The number of benzene rings is 4.